The highest BCUT2D eigenvalue weighted by Crippen LogP contribution is 2.41. The lowest BCUT2D eigenvalue weighted by molar-refractivity contribution is 0.601. The summed E-state index contributed by atoms with van der Waals surface area (Å²) in [6.07, 6.45) is 7.85. The standard InChI is InChI=1S/C14H20N4S/c1-2-5-18-9-11(7-16-18)6-15-8-13-10-19-14(17-13)12-3-4-12/h7,9-10,12,15H,2-6,8H2,1H3. The van der Waals surface area contributed by atoms with Crippen LogP contribution in [0.25, 0.3) is 0 Å². The summed E-state index contributed by atoms with van der Waals surface area (Å²) >= 11 is 1.81. The molecular formula is C14H20N4S. The molecule has 2 aromatic rings. The number of thiazole rings is 1. The molecule has 1 fully saturated rings. The second-order valence-electron chi connectivity index (χ2n) is 5.17. The lowest BCUT2D eigenvalue weighted by Crippen LogP contribution is -2.12. The van der Waals surface area contributed by atoms with E-state index in [1.54, 1.807) is 0 Å². The third-order valence-electron chi connectivity index (χ3n) is 3.27. The van der Waals surface area contributed by atoms with Gasteiger partial charge in [-0.2, -0.15) is 5.10 Å². The van der Waals surface area contributed by atoms with Crippen LogP contribution in [0.15, 0.2) is 17.8 Å². The number of rotatable bonds is 7. The molecule has 3 rings (SSSR count). The normalized spacial score (nSPS) is 15.0. The molecule has 0 unspecified atom stereocenters. The van der Waals surface area contributed by atoms with E-state index >= 15 is 0 Å². The quantitative estimate of drug-likeness (QED) is 0.845. The molecular weight excluding hydrogens is 256 g/mol. The summed E-state index contributed by atoms with van der Waals surface area (Å²) in [6, 6.07) is 0. The van der Waals surface area contributed by atoms with Gasteiger partial charge in [0.15, 0.2) is 0 Å². The van der Waals surface area contributed by atoms with Gasteiger partial charge in [0.2, 0.25) is 0 Å². The molecule has 0 aromatic carbocycles. The van der Waals surface area contributed by atoms with Gasteiger partial charge in [-0.25, -0.2) is 4.98 Å². The first-order valence-corrected chi connectivity index (χ1v) is 7.89. The maximum absolute atomic E-state index is 4.67. The summed E-state index contributed by atoms with van der Waals surface area (Å²) in [7, 11) is 0. The Hall–Kier alpha value is -1.20. The Morgan fingerprint density at radius 3 is 3.11 bits per heavy atom. The molecule has 2 heterocycles. The lowest BCUT2D eigenvalue weighted by Gasteiger charge is -2.00. The molecule has 0 bridgehead atoms. The molecule has 0 amide bonds. The van der Waals surface area contributed by atoms with E-state index < -0.39 is 0 Å². The van der Waals surface area contributed by atoms with E-state index in [9.17, 15) is 0 Å². The fraction of sp³-hybridized carbons (Fsp3) is 0.571. The Labute approximate surface area is 117 Å². The van der Waals surface area contributed by atoms with Crippen molar-refractivity contribution in [2.75, 3.05) is 0 Å². The van der Waals surface area contributed by atoms with Crippen molar-refractivity contribution in [3.05, 3.63) is 34.0 Å². The molecule has 5 heteroatoms. The van der Waals surface area contributed by atoms with Crippen LogP contribution in [0.3, 0.4) is 0 Å². The predicted molar refractivity (Wildman–Crippen MR) is 77.2 cm³/mol. The van der Waals surface area contributed by atoms with Gasteiger partial charge in [-0.1, -0.05) is 6.92 Å². The highest BCUT2D eigenvalue weighted by Gasteiger charge is 2.26. The van der Waals surface area contributed by atoms with E-state index in [0.717, 1.165) is 32.0 Å². The van der Waals surface area contributed by atoms with Crippen molar-refractivity contribution < 1.29 is 0 Å². The molecule has 4 nitrogen and oxygen atoms in total. The van der Waals surface area contributed by atoms with Crippen LogP contribution in [0.5, 0.6) is 0 Å². The van der Waals surface area contributed by atoms with Crippen molar-refractivity contribution >= 4 is 11.3 Å². The van der Waals surface area contributed by atoms with Gasteiger partial charge in [-0.05, 0) is 19.3 Å². The SMILES string of the molecule is CCCn1cc(CNCc2csc(C3CC3)n2)cn1. The molecule has 102 valence electrons. The van der Waals surface area contributed by atoms with Gasteiger partial charge in [0.1, 0.15) is 0 Å². The number of nitrogens with one attached hydrogen (secondary N) is 1. The first-order valence-electron chi connectivity index (χ1n) is 7.01. The van der Waals surface area contributed by atoms with Crippen LogP contribution in [0, 0.1) is 0 Å². The van der Waals surface area contributed by atoms with Crippen LogP contribution in [0.2, 0.25) is 0 Å². The molecule has 1 aliphatic carbocycles. The molecule has 0 saturated heterocycles. The molecule has 2 aromatic heterocycles. The van der Waals surface area contributed by atoms with Crippen LogP contribution in [-0.4, -0.2) is 14.8 Å². The van der Waals surface area contributed by atoms with Crippen molar-refractivity contribution in [2.24, 2.45) is 0 Å². The number of hydrogen-bond acceptors (Lipinski definition) is 4. The van der Waals surface area contributed by atoms with Crippen molar-refractivity contribution in [1.29, 1.82) is 0 Å². The molecule has 0 aliphatic heterocycles. The van der Waals surface area contributed by atoms with E-state index in [2.05, 4.69) is 33.9 Å². The fourth-order valence-electron chi connectivity index (χ4n) is 2.11. The summed E-state index contributed by atoms with van der Waals surface area (Å²) in [6.45, 7) is 4.87. The first-order chi connectivity index (χ1) is 9.35. The highest BCUT2D eigenvalue weighted by atomic mass is 32.1. The molecule has 0 spiro atoms. The molecule has 1 aliphatic rings. The Bertz CT molecular complexity index is 527. The van der Waals surface area contributed by atoms with Crippen LogP contribution in [0.4, 0.5) is 0 Å². The van der Waals surface area contributed by atoms with Crippen LogP contribution in [0.1, 0.15) is 48.4 Å². The van der Waals surface area contributed by atoms with E-state index in [-0.39, 0.29) is 0 Å². The average Bonchev–Trinajstić information content (AvgIpc) is 2.99. The van der Waals surface area contributed by atoms with Crippen molar-refractivity contribution in [1.82, 2.24) is 20.1 Å². The maximum Gasteiger partial charge on any atom is 0.0959 e. The number of hydrogen-bond donors (Lipinski definition) is 1. The van der Waals surface area contributed by atoms with Gasteiger partial charge < -0.3 is 5.32 Å². The van der Waals surface area contributed by atoms with Gasteiger partial charge in [-0.3, -0.25) is 4.68 Å². The largest absolute Gasteiger partial charge is 0.307 e. The second kappa shape index (κ2) is 5.84. The Kier molecular flexibility index (Phi) is 3.94. The smallest absolute Gasteiger partial charge is 0.0959 e. The highest BCUT2D eigenvalue weighted by molar-refractivity contribution is 7.09. The van der Waals surface area contributed by atoms with E-state index in [0.29, 0.717) is 0 Å². The van der Waals surface area contributed by atoms with Crippen molar-refractivity contribution in [3.63, 3.8) is 0 Å². The number of nitrogens with zero attached hydrogens (tertiary/aromatic N) is 3. The van der Waals surface area contributed by atoms with Gasteiger partial charge in [0, 0.05) is 42.7 Å². The summed E-state index contributed by atoms with van der Waals surface area (Å²) in [5.74, 6) is 0.769. The zero-order valence-electron chi connectivity index (χ0n) is 11.3. The predicted octanol–water partition coefficient (Wildman–Crippen LogP) is 2.92. The maximum atomic E-state index is 4.67. The minimum absolute atomic E-state index is 0.769. The molecule has 1 saturated carbocycles. The summed E-state index contributed by atoms with van der Waals surface area (Å²) in [5.41, 5.74) is 2.42. The fourth-order valence-corrected chi connectivity index (χ4v) is 3.10. The summed E-state index contributed by atoms with van der Waals surface area (Å²) in [5, 5.41) is 11.3. The Morgan fingerprint density at radius 2 is 2.32 bits per heavy atom. The van der Waals surface area contributed by atoms with Gasteiger partial charge in [-0.15, -0.1) is 11.3 Å². The number of aromatic nitrogens is 3. The van der Waals surface area contributed by atoms with E-state index in [1.165, 1.54) is 29.1 Å². The number of aryl methyl sites for hydroxylation is 1. The minimum Gasteiger partial charge on any atom is -0.307 e. The monoisotopic (exact) mass is 276 g/mol. The second-order valence-corrected chi connectivity index (χ2v) is 6.06. The zero-order chi connectivity index (χ0) is 13.1. The molecule has 0 radical (unpaired) electrons. The van der Waals surface area contributed by atoms with Crippen molar-refractivity contribution in [3.8, 4) is 0 Å². The van der Waals surface area contributed by atoms with Crippen LogP contribution >= 0.6 is 11.3 Å². The van der Waals surface area contributed by atoms with E-state index in [4.69, 9.17) is 0 Å². The zero-order valence-corrected chi connectivity index (χ0v) is 12.1. The third-order valence-corrected chi connectivity index (χ3v) is 4.33. The van der Waals surface area contributed by atoms with Gasteiger partial charge >= 0.3 is 0 Å². The van der Waals surface area contributed by atoms with Crippen LogP contribution in [-0.2, 0) is 19.6 Å². The van der Waals surface area contributed by atoms with Gasteiger partial charge in [0.05, 0.1) is 16.9 Å². The minimum atomic E-state index is 0.769. The van der Waals surface area contributed by atoms with Crippen LogP contribution < -0.4 is 5.32 Å². The average molecular weight is 276 g/mol. The molecule has 0 atom stereocenters. The van der Waals surface area contributed by atoms with Gasteiger partial charge in [0.25, 0.3) is 0 Å². The van der Waals surface area contributed by atoms with Crippen molar-refractivity contribution in [2.45, 2.75) is 51.7 Å². The Balaban J connectivity index is 1.45. The lowest BCUT2D eigenvalue weighted by atomic mass is 10.3. The Morgan fingerprint density at radius 1 is 1.42 bits per heavy atom. The summed E-state index contributed by atoms with van der Waals surface area (Å²) < 4.78 is 2.01. The topological polar surface area (TPSA) is 42.7 Å². The summed E-state index contributed by atoms with van der Waals surface area (Å²) in [4.78, 5) is 4.67. The first kappa shape index (κ1) is 12.8. The molecule has 19 heavy (non-hydrogen) atoms. The van der Waals surface area contributed by atoms with E-state index in [1.807, 2.05) is 22.2 Å². The third kappa shape index (κ3) is 3.42. The molecule has 1 N–H and O–H groups in total.